The molecule has 0 unspecified atom stereocenters. The SMILES string of the molecule is O=C(OCc1cccc(O)c1)N1CCCC1. The van der Waals surface area contributed by atoms with Crippen molar-refractivity contribution in [1.29, 1.82) is 0 Å². The Labute approximate surface area is 94.4 Å². The molecule has 0 aromatic heterocycles. The number of ether oxygens (including phenoxy) is 1. The second kappa shape index (κ2) is 4.88. The monoisotopic (exact) mass is 221 g/mol. The Morgan fingerprint density at radius 2 is 2.12 bits per heavy atom. The highest BCUT2D eigenvalue weighted by Gasteiger charge is 2.18. The van der Waals surface area contributed by atoms with E-state index >= 15 is 0 Å². The van der Waals surface area contributed by atoms with Crippen molar-refractivity contribution >= 4 is 6.09 Å². The lowest BCUT2D eigenvalue weighted by molar-refractivity contribution is 0.104. The van der Waals surface area contributed by atoms with Gasteiger partial charge in [-0.25, -0.2) is 4.79 Å². The summed E-state index contributed by atoms with van der Waals surface area (Å²) in [5.74, 6) is 0.190. The van der Waals surface area contributed by atoms with Crippen molar-refractivity contribution in [2.75, 3.05) is 13.1 Å². The molecule has 1 amide bonds. The third kappa shape index (κ3) is 2.66. The van der Waals surface area contributed by atoms with Crippen molar-refractivity contribution in [2.45, 2.75) is 19.4 Å². The average molecular weight is 221 g/mol. The highest BCUT2D eigenvalue weighted by atomic mass is 16.6. The molecule has 0 bridgehead atoms. The molecule has 4 nitrogen and oxygen atoms in total. The van der Waals surface area contributed by atoms with Crippen LogP contribution in [0.3, 0.4) is 0 Å². The highest BCUT2D eigenvalue weighted by molar-refractivity contribution is 5.67. The topological polar surface area (TPSA) is 49.8 Å². The summed E-state index contributed by atoms with van der Waals surface area (Å²) >= 11 is 0. The number of hydrogen-bond donors (Lipinski definition) is 1. The molecule has 1 heterocycles. The first-order valence-electron chi connectivity index (χ1n) is 5.45. The Kier molecular flexibility index (Phi) is 3.29. The van der Waals surface area contributed by atoms with Crippen LogP contribution < -0.4 is 0 Å². The normalized spacial score (nSPS) is 15.1. The predicted molar refractivity (Wildman–Crippen MR) is 59.1 cm³/mol. The molecule has 0 aliphatic carbocycles. The van der Waals surface area contributed by atoms with Gasteiger partial charge in [-0.2, -0.15) is 0 Å². The molecule has 1 aliphatic rings. The lowest BCUT2D eigenvalue weighted by Crippen LogP contribution is -2.28. The summed E-state index contributed by atoms with van der Waals surface area (Å²) in [6, 6.07) is 6.73. The number of rotatable bonds is 2. The zero-order valence-corrected chi connectivity index (χ0v) is 9.06. The summed E-state index contributed by atoms with van der Waals surface area (Å²) in [5.41, 5.74) is 0.799. The van der Waals surface area contributed by atoms with Gasteiger partial charge < -0.3 is 14.7 Å². The van der Waals surface area contributed by atoms with Gasteiger partial charge in [-0.05, 0) is 30.5 Å². The Balaban J connectivity index is 1.84. The second-order valence-electron chi connectivity index (χ2n) is 3.92. The third-order valence-electron chi connectivity index (χ3n) is 2.64. The minimum Gasteiger partial charge on any atom is -0.508 e. The Bertz CT molecular complexity index is 372. The number of phenols is 1. The van der Waals surface area contributed by atoms with Gasteiger partial charge in [-0.1, -0.05) is 12.1 Å². The maximum absolute atomic E-state index is 11.5. The second-order valence-corrected chi connectivity index (χ2v) is 3.92. The van der Waals surface area contributed by atoms with E-state index in [0.717, 1.165) is 31.5 Å². The van der Waals surface area contributed by atoms with Crippen LogP contribution in [0.4, 0.5) is 4.79 Å². The fourth-order valence-corrected chi connectivity index (χ4v) is 1.78. The lowest BCUT2D eigenvalue weighted by Gasteiger charge is -2.14. The zero-order valence-electron chi connectivity index (χ0n) is 9.06. The summed E-state index contributed by atoms with van der Waals surface area (Å²) < 4.78 is 5.14. The van der Waals surface area contributed by atoms with Crippen LogP contribution >= 0.6 is 0 Å². The lowest BCUT2D eigenvalue weighted by atomic mass is 10.2. The van der Waals surface area contributed by atoms with Crippen LogP contribution in [0.2, 0.25) is 0 Å². The largest absolute Gasteiger partial charge is 0.508 e. The van der Waals surface area contributed by atoms with Gasteiger partial charge in [0, 0.05) is 13.1 Å². The third-order valence-corrected chi connectivity index (χ3v) is 2.64. The highest BCUT2D eigenvalue weighted by Crippen LogP contribution is 2.13. The first-order valence-corrected chi connectivity index (χ1v) is 5.45. The molecule has 1 aromatic rings. The van der Waals surface area contributed by atoms with E-state index in [-0.39, 0.29) is 18.4 Å². The van der Waals surface area contributed by atoms with Gasteiger partial charge in [-0.15, -0.1) is 0 Å². The van der Waals surface area contributed by atoms with Gasteiger partial charge in [0.05, 0.1) is 0 Å². The molecule has 0 atom stereocenters. The van der Waals surface area contributed by atoms with Gasteiger partial charge in [-0.3, -0.25) is 0 Å². The summed E-state index contributed by atoms with van der Waals surface area (Å²) in [5, 5.41) is 9.24. The standard InChI is InChI=1S/C12H15NO3/c14-11-5-3-4-10(8-11)9-16-12(15)13-6-1-2-7-13/h3-5,8,14H,1-2,6-7,9H2. The number of nitrogens with zero attached hydrogens (tertiary/aromatic N) is 1. The Hall–Kier alpha value is -1.71. The molecule has 1 N–H and O–H groups in total. The van der Waals surface area contributed by atoms with Crippen LogP contribution in [0, 0.1) is 0 Å². The molecule has 2 rings (SSSR count). The van der Waals surface area contributed by atoms with Crippen molar-refractivity contribution in [3.8, 4) is 5.75 Å². The minimum atomic E-state index is -0.263. The summed E-state index contributed by atoms with van der Waals surface area (Å²) in [7, 11) is 0. The molecular weight excluding hydrogens is 206 g/mol. The molecule has 4 heteroatoms. The van der Waals surface area contributed by atoms with Crippen LogP contribution in [0.15, 0.2) is 24.3 Å². The Morgan fingerprint density at radius 3 is 2.81 bits per heavy atom. The molecule has 0 spiro atoms. The average Bonchev–Trinajstić information content (AvgIpc) is 2.79. The van der Waals surface area contributed by atoms with E-state index in [2.05, 4.69) is 0 Å². The number of aromatic hydroxyl groups is 1. The van der Waals surface area contributed by atoms with Gasteiger partial charge in [0.15, 0.2) is 0 Å². The smallest absolute Gasteiger partial charge is 0.410 e. The van der Waals surface area contributed by atoms with E-state index in [1.807, 2.05) is 6.07 Å². The quantitative estimate of drug-likeness (QED) is 0.832. The number of carbonyl (C=O) groups is 1. The first kappa shape index (κ1) is 10.8. The summed E-state index contributed by atoms with van der Waals surface area (Å²) in [6.07, 6.45) is 1.85. The van der Waals surface area contributed by atoms with E-state index in [1.54, 1.807) is 23.1 Å². The fourth-order valence-electron chi connectivity index (χ4n) is 1.78. The molecule has 1 aliphatic heterocycles. The van der Waals surface area contributed by atoms with E-state index in [1.165, 1.54) is 0 Å². The van der Waals surface area contributed by atoms with Crippen LogP contribution in [0.25, 0.3) is 0 Å². The van der Waals surface area contributed by atoms with Crippen LogP contribution in [0.5, 0.6) is 5.75 Å². The molecule has 16 heavy (non-hydrogen) atoms. The van der Waals surface area contributed by atoms with Crippen molar-refractivity contribution in [2.24, 2.45) is 0 Å². The van der Waals surface area contributed by atoms with Gasteiger partial charge in [0.2, 0.25) is 0 Å². The molecular formula is C12H15NO3. The summed E-state index contributed by atoms with van der Waals surface area (Å²) in [6.45, 7) is 1.79. The number of benzene rings is 1. The minimum absolute atomic E-state index is 0.190. The molecule has 1 aromatic carbocycles. The number of likely N-dealkylation sites (tertiary alicyclic amines) is 1. The van der Waals surface area contributed by atoms with Crippen molar-refractivity contribution in [3.63, 3.8) is 0 Å². The van der Waals surface area contributed by atoms with E-state index in [4.69, 9.17) is 4.74 Å². The van der Waals surface area contributed by atoms with Crippen molar-refractivity contribution < 1.29 is 14.6 Å². The summed E-state index contributed by atoms with van der Waals surface area (Å²) in [4.78, 5) is 13.3. The van der Waals surface area contributed by atoms with Crippen LogP contribution in [-0.4, -0.2) is 29.2 Å². The van der Waals surface area contributed by atoms with E-state index < -0.39 is 0 Å². The van der Waals surface area contributed by atoms with Crippen LogP contribution in [-0.2, 0) is 11.3 Å². The van der Waals surface area contributed by atoms with Crippen LogP contribution in [0.1, 0.15) is 18.4 Å². The Morgan fingerprint density at radius 1 is 1.38 bits per heavy atom. The van der Waals surface area contributed by atoms with Crippen molar-refractivity contribution in [3.05, 3.63) is 29.8 Å². The zero-order chi connectivity index (χ0) is 11.4. The number of amides is 1. The first-order chi connectivity index (χ1) is 7.75. The number of phenolic OH excluding ortho intramolecular Hbond substituents is 1. The molecule has 0 radical (unpaired) electrons. The molecule has 0 saturated carbocycles. The molecule has 1 saturated heterocycles. The van der Waals surface area contributed by atoms with Gasteiger partial charge in [0.1, 0.15) is 12.4 Å². The van der Waals surface area contributed by atoms with Gasteiger partial charge >= 0.3 is 6.09 Å². The van der Waals surface area contributed by atoms with Crippen molar-refractivity contribution in [1.82, 2.24) is 4.90 Å². The number of carbonyl (C=O) groups excluding carboxylic acids is 1. The maximum atomic E-state index is 11.5. The molecule has 1 fully saturated rings. The predicted octanol–water partition coefficient (Wildman–Crippen LogP) is 2.12. The van der Waals surface area contributed by atoms with Gasteiger partial charge in [0.25, 0.3) is 0 Å². The van der Waals surface area contributed by atoms with E-state index in [0.29, 0.717) is 0 Å². The van der Waals surface area contributed by atoms with E-state index in [9.17, 15) is 9.90 Å². The number of hydrogen-bond acceptors (Lipinski definition) is 3. The molecule has 86 valence electrons. The fraction of sp³-hybridized carbons (Fsp3) is 0.417. The maximum Gasteiger partial charge on any atom is 0.410 e.